The fourth-order valence-electron chi connectivity index (χ4n) is 1.56. The summed E-state index contributed by atoms with van der Waals surface area (Å²) in [7, 11) is 0. The van der Waals surface area contributed by atoms with E-state index < -0.39 is 5.97 Å². The molecule has 18 heavy (non-hydrogen) atoms. The molecule has 104 valence electrons. The van der Waals surface area contributed by atoms with Crippen LogP contribution in [0.4, 0.5) is 0 Å². The fourth-order valence-corrected chi connectivity index (χ4v) is 1.56. The summed E-state index contributed by atoms with van der Waals surface area (Å²) in [6, 6.07) is 0. The van der Waals surface area contributed by atoms with Crippen LogP contribution in [-0.4, -0.2) is 24.9 Å². The lowest BCUT2D eigenvalue weighted by Crippen LogP contribution is -2.16. The third kappa shape index (κ3) is 7.22. The largest absolute Gasteiger partial charge is 0.462 e. The van der Waals surface area contributed by atoms with Gasteiger partial charge in [-0.15, -0.1) is 0 Å². The molecule has 2 N–H and O–H groups in total. The number of carbonyl (C=O) groups excluding carboxylic acids is 2. The molecule has 0 aliphatic carbocycles. The van der Waals surface area contributed by atoms with Gasteiger partial charge in [-0.25, -0.2) is 4.79 Å². The lowest BCUT2D eigenvalue weighted by Gasteiger charge is -2.14. The van der Waals surface area contributed by atoms with Crippen molar-refractivity contribution in [3.63, 3.8) is 0 Å². The molecular formula is C14H25NO3. The van der Waals surface area contributed by atoms with E-state index in [4.69, 9.17) is 10.5 Å². The number of unbranched alkanes of at least 4 members (excludes halogenated alkanes) is 1. The van der Waals surface area contributed by atoms with E-state index in [1.54, 1.807) is 6.92 Å². The van der Waals surface area contributed by atoms with Gasteiger partial charge in [-0.2, -0.15) is 0 Å². The second kappa shape index (κ2) is 9.83. The number of ketones is 1. The molecule has 0 fully saturated rings. The van der Waals surface area contributed by atoms with Gasteiger partial charge in [0.2, 0.25) is 0 Å². The summed E-state index contributed by atoms with van der Waals surface area (Å²) in [6.07, 6.45) is 5.61. The van der Waals surface area contributed by atoms with Gasteiger partial charge in [0.1, 0.15) is 0 Å². The second-order valence-corrected chi connectivity index (χ2v) is 4.51. The molecule has 0 aromatic heterocycles. The van der Waals surface area contributed by atoms with Gasteiger partial charge < -0.3 is 10.5 Å². The van der Waals surface area contributed by atoms with Gasteiger partial charge in [0.05, 0.1) is 13.2 Å². The first kappa shape index (κ1) is 16.8. The Morgan fingerprint density at radius 3 is 2.50 bits per heavy atom. The summed E-state index contributed by atoms with van der Waals surface area (Å²) in [5.74, 6) is -0.277. The van der Waals surface area contributed by atoms with Crippen LogP contribution in [0.5, 0.6) is 0 Å². The van der Waals surface area contributed by atoms with Gasteiger partial charge in [-0.05, 0) is 25.3 Å². The quantitative estimate of drug-likeness (QED) is 0.506. The van der Waals surface area contributed by atoms with Gasteiger partial charge in [0, 0.05) is 5.57 Å². The van der Waals surface area contributed by atoms with Crippen LogP contribution < -0.4 is 5.73 Å². The molecule has 0 aromatic rings. The molecule has 0 aliphatic rings. The summed E-state index contributed by atoms with van der Waals surface area (Å²) in [6.45, 7) is 6.15. The Morgan fingerprint density at radius 2 is 2.00 bits per heavy atom. The zero-order valence-electron chi connectivity index (χ0n) is 11.7. The summed E-state index contributed by atoms with van der Waals surface area (Å²) < 4.78 is 5.20. The first-order valence-electron chi connectivity index (χ1n) is 6.63. The van der Waals surface area contributed by atoms with Crippen LogP contribution in [0.15, 0.2) is 11.6 Å². The van der Waals surface area contributed by atoms with Gasteiger partial charge in [-0.1, -0.05) is 33.1 Å². The van der Waals surface area contributed by atoms with E-state index in [1.165, 1.54) is 6.08 Å². The van der Waals surface area contributed by atoms with Crippen molar-refractivity contribution in [3.05, 3.63) is 11.6 Å². The topological polar surface area (TPSA) is 69.4 Å². The molecule has 0 saturated carbocycles. The van der Waals surface area contributed by atoms with Gasteiger partial charge in [0.25, 0.3) is 0 Å². The SMILES string of the molecule is CCCCC(CC)COC(=O)C(C)=CC(=O)CN. The van der Waals surface area contributed by atoms with E-state index in [9.17, 15) is 9.59 Å². The molecule has 1 atom stereocenters. The molecule has 0 saturated heterocycles. The maximum absolute atomic E-state index is 11.6. The van der Waals surface area contributed by atoms with E-state index in [0.717, 1.165) is 25.7 Å². The Morgan fingerprint density at radius 1 is 1.33 bits per heavy atom. The molecule has 0 heterocycles. The minimum Gasteiger partial charge on any atom is -0.462 e. The highest BCUT2D eigenvalue weighted by molar-refractivity contribution is 5.99. The van der Waals surface area contributed by atoms with E-state index >= 15 is 0 Å². The highest BCUT2D eigenvalue weighted by Gasteiger charge is 2.12. The fraction of sp³-hybridized carbons (Fsp3) is 0.714. The Kier molecular flexibility index (Phi) is 9.19. The first-order chi connectivity index (χ1) is 8.54. The van der Waals surface area contributed by atoms with Gasteiger partial charge >= 0.3 is 5.97 Å². The normalized spacial score (nSPS) is 13.2. The average molecular weight is 255 g/mol. The first-order valence-corrected chi connectivity index (χ1v) is 6.63. The smallest absolute Gasteiger partial charge is 0.333 e. The van der Waals surface area contributed by atoms with Crippen LogP contribution in [0.2, 0.25) is 0 Å². The highest BCUT2D eigenvalue weighted by atomic mass is 16.5. The Balaban J connectivity index is 4.15. The van der Waals surface area contributed by atoms with E-state index in [-0.39, 0.29) is 12.3 Å². The van der Waals surface area contributed by atoms with Crippen molar-refractivity contribution in [1.29, 1.82) is 0 Å². The van der Waals surface area contributed by atoms with Crippen molar-refractivity contribution in [2.24, 2.45) is 11.7 Å². The number of carbonyl (C=O) groups is 2. The lowest BCUT2D eigenvalue weighted by molar-refractivity contribution is -0.140. The van der Waals surface area contributed by atoms with Crippen LogP contribution in [-0.2, 0) is 14.3 Å². The Labute approximate surface area is 110 Å². The van der Waals surface area contributed by atoms with E-state index in [0.29, 0.717) is 18.1 Å². The highest BCUT2D eigenvalue weighted by Crippen LogP contribution is 2.13. The predicted octanol–water partition coefficient (Wildman–Crippen LogP) is 2.22. The van der Waals surface area contributed by atoms with Gasteiger partial charge in [0.15, 0.2) is 5.78 Å². The standard InChI is InChI=1S/C14H25NO3/c1-4-6-7-12(5-2)10-18-14(17)11(3)8-13(16)9-15/h8,12H,4-7,9-10,15H2,1-3H3. The molecule has 0 aromatic carbocycles. The van der Waals surface area contributed by atoms with Crippen molar-refractivity contribution >= 4 is 11.8 Å². The maximum Gasteiger partial charge on any atom is 0.333 e. The number of hydrogen-bond donors (Lipinski definition) is 1. The van der Waals surface area contributed by atoms with Crippen molar-refractivity contribution in [2.45, 2.75) is 46.5 Å². The Hall–Kier alpha value is -1.16. The van der Waals surface area contributed by atoms with Crippen molar-refractivity contribution < 1.29 is 14.3 Å². The van der Waals surface area contributed by atoms with Crippen LogP contribution in [0.25, 0.3) is 0 Å². The summed E-state index contributed by atoms with van der Waals surface area (Å²) in [5.41, 5.74) is 5.49. The molecular weight excluding hydrogens is 230 g/mol. The molecule has 4 heteroatoms. The zero-order chi connectivity index (χ0) is 14.0. The number of ether oxygens (including phenoxy) is 1. The third-order valence-electron chi connectivity index (χ3n) is 2.89. The van der Waals surface area contributed by atoms with Crippen LogP contribution in [0.1, 0.15) is 46.5 Å². The molecule has 0 spiro atoms. The molecule has 0 aliphatic heterocycles. The van der Waals surface area contributed by atoms with Crippen LogP contribution in [0, 0.1) is 5.92 Å². The summed E-state index contributed by atoms with van der Waals surface area (Å²) >= 11 is 0. The summed E-state index contributed by atoms with van der Waals surface area (Å²) in [4.78, 5) is 22.7. The number of esters is 1. The number of nitrogens with two attached hydrogens (primary N) is 1. The van der Waals surface area contributed by atoms with Crippen molar-refractivity contribution in [3.8, 4) is 0 Å². The lowest BCUT2D eigenvalue weighted by atomic mass is 10.0. The molecule has 0 amide bonds. The number of rotatable bonds is 9. The second-order valence-electron chi connectivity index (χ2n) is 4.51. The minimum absolute atomic E-state index is 0.0846. The van der Waals surface area contributed by atoms with Crippen molar-refractivity contribution in [1.82, 2.24) is 0 Å². The molecule has 4 nitrogen and oxygen atoms in total. The average Bonchev–Trinajstić information content (AvgIpc) is 2.38. The van der Waals surface area contributed by atoms with Crippen molar-refractivity contribution in [2.75, 3.05) is 13.2 Å². The third-order valence-corrected chi connectivity index (χ3v) is 2.89. The maximum atomic E-state index is 11.6. The molecule has 0 bridgehead atoms. The molecule has 0 radical (unpaired) electrons. The molecule has 1 unspecified atom stereocenters. The summed E-state index contributed by atoms with van der Waals surface area (Å²) in [5, 5.41) is 0. The zero-order valence-corrected chi connectivity index (χ0v) is 11.7. The van der Waals surface area contributed by atoms with E-state index in [1.807, 2.05) is 0 Å². The predicted molar refractivity (Wildman–Crippen MR) is 72.1 cm³/mol. The number of hydrogen-bond acceptors (Lipinski definition) is 4. The van der Waals surface area contributed by atoms with Gasteiger partial charge in [-0.3, -0.25) is 4.79 Å². The van der Waals surface area contributed by atoms with Crippen LogP contribution in [0.3, 0.4) is 0 Å². The Bertz CT molecular complexity index is 297. The monoisotopic (exact) mass is 255 g/mol. The van der Waals surface area contributed by atoms with Crippen LogP contribution >= 0.6 is 0 Å². The molecule has 0 rings (SSSR count). The van der Waals surface area contributed by atoms with E-state index in [2.05, 4.69) is 13.8 Å². The minimum atomic E-state index is -0.424.